The van der Waals surface area contributed by atoms with Crippen LogP contribution in [0.5, 0.6) is 0 Å². The molecule has 0 atom stereocenters. The maximum atomic E-state index is 14.5. The molecule has 0 aliphatic carbocycles. The molecule has 2 aliphatic rings. The summed E-state index contributed by atoms with van der Waals surface area (Å²) < 4.78 is 170. The van der Waals surface area contributed by atoms with Crippen molar-refractivity contribution >= 4 is 106 Å². The molecule has 1 radical (unpaired) electrons. The van der Waals surface area contributed by atoms with E-state index in [4.69, 9.17) is 10.9 Å². The molecule has 0 saturated carbocycles. The first-order chi connectivity index (χ1) is 31.8. The number of nitrogens with zero attached hydrogens (tertiary/aromatic N) is 8. The molecule has 5 aromatic carbocycles. The van der Waals surface area contributed by atoms with E-state index in [-0.39, 0.29) is 82.5 Å². The molecule has 3 aromatic heterocycles. The van der Waals surface area contributed by atoms with Crippen molar-refractivity contribution in [2.75, 3.05) is 10.5 Å². The minimum Gasteiger partial charge on any atom is -0.744 e. The van der Waals surface area contributed by atoms with Gasteiger partial charge >= 0.3 is 21.3 Å². The summed E-state index contributed by atoms with van der Waals surface area (Å²) in [4.78, 5) is 32.3. The van der Waals surface area contributed by atoms with Gasteiger partial charge in [0.1, 0.15) is 30.4 Å². The second kappa shape index (κ2) is 15.9. The number of anilines is 2. The Morgan fingerprint density at radius 2 is 0.942 bits per heavy atom. The zero-order chi connectivity index (χ0) is 48.6. The molecule has 0 unspecified atom stereocenters. The van der Waals surface area contributed by atoms with Gasteiger partial charge in [0.2, 0.25) is 10.0 Å². The van der Waals surface area contributed by atoms with Crippen LogP contribution in [0.4, 0.5) is 11.4 Å². The number of nitrogens with one attached hydrogen (secondary N) is 1. The van der Waals surface area contributed by atoms with Gasteiger partial charge < -0.3 is 49.3 Å². The first-order valence-corrected chi connectivity index (χ1v) is 26.1. The molecule has 355 valence electrons. The fourth-order valence-electron chi connectivity index (χ4n) is 7.84. The molecule has 8 bridgehead atoms. The van der Waals surface area contributed by atoms with Crippen LogP contribution in [-0.2, 0) is 67.5 Å². The molecule has 5 heterocycles. The molecule has 0 saturated heterocycles. The van der Waals surface area contributed by atoms with Crippen molar-refractivity contribution in [1.29, 1.82) is 0 Å². The molecule has 2 aliphatic heterocycles. The van der Waals surface area contributed by atoms with Crippen molar-refractivity contribution in [3.8, 4) is 45.6 Å². The fraction of sp³-hybridized carbons (Fsp3) is 0.0256. The van der Waals surface area contributed by atoms with Gasteiger partial charge in [-0.2, -0.15) is 0 Å². The van der Waals surface area contributed by atoms with Gasteiger partial charge in [-0.3, -0.25) is 4.72 Å². The number of hydrogen-bond donors (Lipinski definition) is 3. The van der Waals surface area contributed by atoms with Gasteiger partial charge in [-0.15, -0.1) is 0 Å². The largest absolute Gasteiger partial charge is 2.00 e. The number of hydrogen-bond acceptors (Lipinski definition) is 20. The van der Waals surface area contributed by atoms with Crippen molar-refractivity contribution in [2.24, 2.45) is 5.14 Å². The average molecular weight is 1080 g/mol. The van der Waals surface area contributed by atoms with Crippen molar-refractivity contribution in [2.45, 2.75) is 31.4 Å². The molecule has 69 heavy (non-hydrogen) atoms. The first kappa shape index (κ1) is 47.2. The summed E-state index contributed by atoms with van der Waals surface area (Å²) in [5.74, 6) is -1.77. The van der Waals surface area contributed by atoms with Crippen LogP contribution in [0.1, 0.15) is 9.84 Å². The number of fused-ring (bicyclic) bond motifs is 20. The summed E-state index contributed by atoms with van der Waals surface area (Å²) in [6, 6.07) is 16.3. The smallest absolute Gasteiger partial charge is 0.744 e. The minimum absolute atomic E-state index is 0. The Morgan fingerprint density at radius 3 is 1.43 bits per heavy atom. The number of benzene rings is 5. The number of nitrogens with two attached hydrogens (primary N) is 2. The Labute approximate surface area is 403 Å². The van der Waals surface area contributed by atoms with Gasteiger partial charge in [-0.1, -0.05) is 48.5 Å². The predicted molar refractivity (Wildman–Crippen MR) is 239 cm³/mol. The monoisotopic (exact) mass is 1080 g/mol. The van der Waals surface area contributed by atoms with Gasteiger partial charge in [0.05, 0.1) is 53.5 Å². The van der Waals surface area contributed by atoms with E-state index in [0.29, 0.717) is 0 Å². The van der Waals surface area contributed by atoms with Crippen molar-refractivity contribution < 1.29 is 77.1 Å². The predicted octanol–water partition coefficient (Wildman–Crippen LogP) is 2.51. The molecule has 24 nitrogen and oxygen atoms in total. The molecule has 30 heteroatoms. The van der Waals surface area contributed by atoms with E-state index in [0.717, 1.165) is 36.4 Å². The number of aromatic nitrogens is 8. The van der Waals surface area contributed by atoms with Crippen LogP contribution in [0, 0.1) is 6.92 Å². The van der Waals surface area contributed by atoms with Gasteiger partial charge in [-0.05, 0) is 59.7 Å². The van der Waals surface area contributed by atoms with E-state index in [1.165, 1.54) is 55.5 Å². The summed E-state index contributed by atoms with van der Waals surface area (Å²) in [5, 5.41) is 4.79. The van der Waals surface area contributed by atoms with E-state index < -0.39 is 120 Å². The second-order valence-electron chi connectivity index (χ2n) is 14.9. The van der Waals surface area contributed by atoms with E-state index in [9.17, 15) is 55.7 Å². The van der Waals surface area contributed by atoms with E-state index in [2.05, 4.69) is 44.6 Å². The zero-order valence-corrected chi connectivity index (χ0v) is 39.0. The number of nitrogen functional groups attached to an aromatic ring is 1. The molecular formula is C39H25CuN11O13S5. The molecule has 5 N–H and O–H groups in total. The molecule has 0 fully saturated rings. The van der Waals surface area contributed by atoms with Crippen LogP contribution >= 0.6 is 0 Å². The van der Waals surface area contributed by atoms with Gasteiger partial charge in [0, 0.05) is 61.3 Å². The second-order valence-corrected chi connectivity index (χ2v) is 22.1. The van der Waals surface area contributed by atoms with Crippen LogP contribution < -0.4 is 25.6 Å². The number of sulfonamides is 2. The summed E-state index contributed by atoms with van der Waals surface area (Å²) in [6.45, 7) is 1.24. The molecule has 0 amide bonds. The standard InChI is InChI=1S/C39H25N11O13S5.Cu/c1-16-22(40)14-17(15-27(16)68(61,62)63)50-65(53,54)24-11-3-7-19-29(24)37-44-32-18-6-2-10-23(64(41,51)52)28(18)36(42-32)43-34-20-8-4-12-25(66(55,56)57)30(20)39(47-34)49-35-21-9-5-13-26(67(58,59)60)31(21)38(48-35)46-33(19)45-37;/h2-15,50H,40H2,1H3,(H5-2,41,42,43,44,45,46,47,48,49,51,52,55,56,57,58,59,60,61,62,63);/q-2;+2. The molecule has 8 aromatic rings. The van der Waals surface area contributed by atoms with Gasteiger partial charge in [0.15, 0.2) is 0 Å². The third kappa shape index (κ3) is 7.95. The zero-order valence-electron chi connectivity index (χ0n) is 37.0. The summed E-state index contributed by atoms with van der Waals surface area (Å²) >= 11 is 0. The number of rotatable bonds is 7. The summed E-state index contributed by atoms with van der Waals surface area (Å²) in [5.41, 5.74) is 2.46. The van der Waals surface area contributed by atoms with Crippen LogP contribution in [0.15, 0.2) is 109 Å². The topological polar surface area (TPSA) is 409 Å². The van der Waals surface area contributed by atoms with Crippen LogP contribution in [0.25, 0.3) is 89.7 Å². The van der Waals surface area contributed by atoms with E-state index in [1.54, 1.807) is 0 Å². The third-order valence-electron chi connectivity index (χ3n) is 10.7. The van der Waals surface area contributed by atoms with Crippen molar-refractivity contribution in [3.05, 3.63) is 90.5 Å². The van der Waals surface area contributed by atoms with Gasteiger partial charge in [-0.25, -0.2) is 57.2 Å². The molecule has 10 rings (SSSR count). The summed E-state index contributed by atoms with van der Waals surface area (Å²) in [6.07, 6.45) is 0. The third-order valence-corrected chi connectivity index (χ3v) is 15.8. The van der Waals surface area contributed by atoms with Gasteiger partial charge in [0.25, 0.3) is 10.0 Å². The maximum Gasteiger partial charge on any atom is 2.00 e. The van der Waals surface area contributed by atoms with E-state index >= 15 is 0 Å². The Bertz CT molecular complexity index is 4390. The number of primary sulfonamides is 1. The quantitative estimate of drug-likeness (QED) is 0.117. The van der Waals surface area contributed by atoms with Crippen molar-refractivity contribution in [3.63, 3.8) is 0 Å². The molecular weight excluding hydrogens is 1050 g/mol. The maximum absolute atomic E-state index is 14.5. The van der Waals surface area contributed by atoms with Crippen LogP contribution in [0.3, 0.4) is 0 Å². The normalized spacial score (nSPS) is 12.9. The Morgan fingerprint density at radius 1 is 0.522 bits per heavy atom. The Balaban J connectivity index is 0.00000212. The Hall–Kier alpha value is -6.83. The van der Waals surface area contributed by atoms with E-state index in [1.807, 2.05) is 0 Å². The molecule has 0 spiro atoms. The van der Waals surface area contributed by atoms with Crippen LogP contribution in [0.2, 0.25) is 0 Å². The summed E-state index contributed by atoms with van der Waals surface area (Å²) in [7, 11) is -25.3. The van der Waals surface area contributed by atoms with Crippen molar-refractivity contribution in [1.82, 2.24) is 39.9 Å². The average Bonchev–Trinajstić information content (AvgIpc) is 3.98. The SMILES string of the molecule is Cc1c(N)cc(NS(=O)(=O)c2cccc3c2-c2nc-3nc3[n-]c(nc4nc(nc5[n-]c(n2)c2cccc(S(N)(=O)=O)c52)-c2cccc(S(=O)(=O)[O-])c2-4)c2cccc(S(=O)(=O)[O-])c32)cc1S(=O)(=O)[O-].[Cu+2].[H+].[H+].[H+]. The minimum atomic E-state index is -5.33. The Kier molecular flexibility index (Phi) is 10.9. The van der Waals surface area contributed by atoms with Crippen LogP contribution in [-0.4, -0.2) is 85.7 Å². The fourth-order valence-corrected chi connectivity index (χ4v) is 12.0. The first-order valence-electron chi connectivity index (χ1n) is 18.9.